The third-order valence-electron chi connectivity index (χ3n) is 3.67. The minimum absolute atomic E-state index is 0.00661. The summed E-state index contributed by atoms with van der Waals surface area (Å²) in [6, 6.07) is 6.84. The molecule has 0 bridgehead atoms. The summed E-state index contributed by atoms with van der Waals surface area (Å²) in [5, 5.41) is 2.75. The number of hydrogen-bond donors (Lipinski definition) is 1. The van der Waals surface area contributed by atoms with Crippen molar-refractivity contribution in [3.05, 3.63) is 35.4 Å². The van der Waals surface area contributed by atoms with Crippen LogP contribution in [-0.2, 0) is 4.79 Å². The molecular weight excluding hydrogens is 244 g/mol. The van der Waals surface area contributed by atoms with Crippen LogP contribution in [0.15, 0.2) is 24.3 Å². The highest BCUT2D eigenvalue weighted by Gasteiger charge is 2.36. The molecule has 5 nitrogen and oxygen atoms in total. The Morgan fingerprint density at radius 2 is 1.74 bits per heavy atom. The summed E-state index contributed by atoms with van der Waals surface area (Å²) in [6.45, 7) is 0.951. The van der Waals surface area contributed by atoms with Gasteiger partial charge in [0, 0.05) is 19.5 Å². The van der Waals surface area contributed by atoms with E-state index in [0.29, 0.717) is 30.6 Å². The second-order valence-corrected chi connectivity index (χ2v) is 4.98. The zero-order chi connectivity index (χ0) is 13.4. The predicted molar refractivity (Wildman–Crippen MR) is 67.5 cm³/mol. The van der Waals surface area contributed by atoms with Crippen LogP contribution in [0.2, 0.25) is 0 Å². The first kappa shape index (κ1) is 11.9. The van der Waals surface area contributed by atoms with Crippen molar-refractivity contribution in [1.29, 1.82) is 0 Å². The second kappa shape index (κ2) is 4.50. The number of carbonyl (C=O) groups is 3. The van der Waals surface area contributed by atoms with Crippen LogP contribution in [0.25, 0.3) is 0 Å². The minimum Gasteiger partial charge on any atom is -0.356 e. The first-order valence-electron chi connectivity index (χ1n) is 6.39. The van der Waals surface area contributed by atoms with Gasteiger partial charge in [0.2, 0.25) is 5.91 Å². The standard InChI is InChI=1S/C14H14N2O3/c17-12-7-9(5-6-15-12)8-16-13(18)10-3-1-2-4-11(10)14(16)19/h1-4,9H,5-8H2,(H,15,17). The van der Waals surface area contributed by atoms with Crippen LogP contribution in [0, 0.1) is 5.92 Å². The lowest BCUT2D eigenvalue weighted by Gasteiger charge is -2.25. The van der Waals surface area contributed by atoms with E-state index in [1.54, 1.807) is 24.3 Å². The Morgan fingerprint density at radius 1 is 1.11 bits per heavy atom. The normalized spacial score (nSPS) is 22.4. The Morgan fingerprint density at radius 3 is 2.32 bits per heavy atom. The molecule has 2 aliphatic rings. The average molecular weight is 258 g/mol. The summed E-state index contributed by atoms with van der Waals surface area (Å²) in [6.07, 6.45) is 1.19. The Hall–Kier alpha value is -2.17. The molecule has 1 atom stereocenters. The molecule has 1 saturated heterocycles. The number of benzene rings is 1. The third kappa shape index (κ3) is 2.01. The van der Waals surface area contributed by atoms with Gasteiger partial charge in [-0.2, -0.15) is 0 Å². The van der Waals surface area contributed by atoms with Crippen molar-refractivity contribution in [3.8, 4) is 0 Å². The van der Waals surface area contributed by atoms with Crippen molar-refractivity contribution in [3.63, 3.8) is 0 Å². The molecule has 2 aliphatic heterocycles. The van der Waals surface area contributed by atoms with Crippen LogP contribution < -0.4 is 5.32 Å². The second-order valence-electron chi connectivity index (χ2n) is 4.98. The molecule has 0 saturated carbocycles. The fraction of sp³-hybridized carbons (Fsp3) is 0.357. The molecule has 3 rings (SSSR count). The van der Waals surface area contributed by atoms with Gasteiger partial charge in [0.05, 0.1) is 11.1 Å². The maximum Gasteiger partial charge on any atom is 0.261 e. The monoisotopic (exact) mass is 258 g/mol. The Bertz CT molecular complexity index is 533. The number of nitrogens with zero attached hydrogens (tertiary/aromatic N) is 1. The number of amides is 3. The van der Waals surface area contributed by atoms with Crippen LogP contribution in [0.4, 0.5) is 0 Å². The smallest absolute Gasteiger partial charge is 0.261 e. The summed E-state index contributed by atoms with van der Waals surface area (Å²) in [7, 11) is 0. The molecule has 1 aromatic rings. The Balaban J connectivity index is 1.79. The minimum atomic E-state index is -0.244. The van der Waals surface area contributed by atoms with E-state index >= 15 is 0 Å². The van der Waals surface area contributed by atoms with Crippen molar-refractivity contribution < 1.29 is 14.4 Å². The van der Waals surface area contributed by atoms with Crippen LogP contribution in [0.1, 0.15) is 33.6 Å². The van der Waals surface area contributed by atoms with E-state index in [4.69, 9.17) is 0 Å². The van der Waals surface area contributed by atoms with Crippen LogP contribution in [0.5, 0.6) is 0 Å². The molecule has 1 N–H and O–H groups in total. The molecular formula is C14H14N2O3. The van der Waals surface area contributed by atoms with Gasteiger partial charge in [-0.15, -0.1) is 0 Å². The molecule has 1 fully saturated rings. The molecule has 19 heavy (non-hydrogen) atoms. The molecule has 5 heteroatoms. The highest BCUT2D eigenvalue weighted by molar-refractivity contribution is 6.21. The van der Waals surface area contributed by atoms with Gasteiger partial charge < -0.3 is 5.32 Å². The predicted octanol–water partition coefficient (Wildman–Crippen LogP) is 0.809. The fourth-order valence-electron chi connectivity index (χ4n) is 2.67. The lowest BCUT2D eigenvalue weighted by molar-refractivity contribution is -0.123. The summed E-state index contributed by atoms with van der Waals surface area (Å²) >= 11 is 0. The van der Waals surface area contributed by atoms with Crippen molar-refractivity contribution in [1.82, 2.24) is 10.2 Å². The summed E-state index contributed by atoms with van der Waals surface area (Å²) < 4.78 is 0. The number of rotatable bonds is 2. The van der Waals surface area contributed by atoms with E-state index in [9.17, 15) is 14.4 Å². The van der Waals surface area contributed by atoms with E-state index in [1.807, 2.05) is 0 Å². The zero-order valence-corrected chi connectivity index (χ0v) is 10.4. The number of fused-ring (bicyclic) bond motifs is 1. The van der Waals surface area contributed by atoms with Gasteiger partial charge in [0.25, 0.3) is 11.8 Å². The maximum atomic E-state index is 12.2. The van der Waals surface area contributed by atoms with E-state index in [-0.39, 0.29) is 23.6 Å². The van der Waals surface area contributed by atoms with E-state index < -0.39 is 0 Å². The number of hydrogen-bond acceptors (Lipinski definition) is 3. The van der Waals surface area contributed by atoms with E-state index in [2.05, 4.69) is 5.32 Å². The van der Waals surface area contributed by atoms with Crippen LogP contribution in [-0.4, -0.2) is 35.7 Å². The van der Waals surface area contributed by atoms with Gasteiger partial charge in [0.1, 0.15) is 0 Å². The summed E-state index contributed by atoms with van der Waals surface area (Å²) in [4.78, 5) is 36.9. The first-order valence-corrected chi connectivity index (χ1v) is 6.39. The van der Waals surface area contributed by atoms with Crippen LogP contribution >= 0.6 is 0 Å². The van der Waals surface area contributed by atoms with Gasteiger partial charge in [-0.05, 0) is 24.5 Å². The molecule has 0 aromatic heterocycles. The molecule has 2 heterocycles. The van der Waals surface area contributed by atoms with Crippen molar-refractivity contribution in [2.24, 2.45) is 5.92 Å². The third-order valence-corrected chi connectivity index (χ3v) is 3.67. The quantitative estimate of drug-likeness (QED) is 0.798. The van der Waals surface area contributed by atoms with Gasteiger partial charge >= 0.3 is 0 Å². The maximum absolute atomic E-state index is 12.2. The number of nitrogens with one attached hydrogen (secondary N) is 1. The van der Waals surface area contributed by atoms with Gasteiger partial charge in [-0.1, -0.05) is 12.1 Å². The first-order chi connectivity index (χ1) is 9.16. The number of carbonyl (C=O) groups excluding carboxylic acids is 3. The molecule has 1 unspecified atom stereocenters. The van der Waals surface area contributed by atoms with Gasteiger partial charge in [-0.25, -0.2) is 0 Å². The average Bonchev–Trinajstić information content (AvgIpc) is 2.65. The fourth-order valence-corrected chi connectivity index (χ4v) is 2.67. The molecule has 1 aromatic carbocycles. The Kier molecular flexibility index (Phi) is 2.81. The molecule has 3 amide bonds. The summed E-state index contributed by atoms with van der Waals surface area (Å²) in [5.74, 6) is -0.429. The summed E-state index contributed by atoms with van der Waals surface area (Å²) in [5.41, 5.74) is 0.931. The lowest BCUT2D eigenvalue weighted by Crippen LogP contribution is -2.41. The highest BCUT2D eigenvalue weighted by atomic mass is 16.2. The molecule has 0 radical (unpaired) electrons. The molecule has 98 valence electrons. The largest absolute Gasteiger partial charge is 0.356 e. The van der Waals surface area contributed by atoms with Crippen molar-refractivity contribution in [2.75, 3.05) is 13.1 Å². The topological polar surface area (TPSA) is 66.5 Å². The van der Waals surface area contributed by atoms with Crippen LogP contribution in [0.3, 0.4) is 0 Å². The van der Waals surface area contributed by atoms with Crippen molar-refractivity contribution in [2.45, 2.75) is 12.8 Å². The zero-order valence-electron chi connectivity index (χ0n) is 10.4. The highest BCUT2D eigenvalue weighted by Crippen LogP contribution is 2.25. The number of piperidine rings is 1. The number of imide groups is 1. The van der Waals surface area contributed by atoms with E-state index in [0.717, 1.165) is 6.42 Å². The van der Waals surface area contributed by atoms with E-state index in [1.165, 1.54) is 4.90 Å². The Labute approximate surface area is 110 Å². The SMILES string of the molecule is O=C1CC(CN2C(=O)c3ccccc3C2=O)CCN1. The van der Waals surface area contributed by atoms with Gasteiger partial charge in [0.15, 0.2) is 0 Å². The van der Waals surface area contributed by atoms with Gasteiger partial charge in [-0.3, -0.25) is 19.3 Å². The molecule has 0 aliphatic carbocycles. The van der Waals surface area contributed by atoms with Crippen molar-refractivity contribution >= 4 is 17.7 Å². The molecule has 0 spiro atoms. The lowest BCUT2D eigenvalue weighted by atomic mass is 9.97.